The van der Waals surface area contributed by atoms with Crippen LogP contribution in [0.15, 0.2) is 28.1 Å². The molecule has 0 amide bonds. The maximum absolute atomic E-state index is 12.6. The van der Waals surface area contributed by atoms with Crippen LogP contribution >= 0.6 is 11.3 Å². The second-order valence-electron chi connectivity index (χ2n) is 6.15. The van der Waals surface area contributed by atoms with E-state index in [9.17, 15) is 9.59 Å². The first-order valence-electron chi connectivity index (χ1n) is 8.20. The molecular weight excluding hydrogens is 352 g/mol. The number of hydrogen-bond donors (Lipinski definition) is 0. The van der Waals surface area contributed by atoms with Crippen molar-refractivity contribution in [3.8, 4) is 0 Å². The summed E-state index contributed by atoms with van der Waals surface area (Å²) in [6.45, 7) is 7.58. The summed E-state index contributed by atoms with van der Waals surface area (Å²) in [5.74, 6) is -0.438. The van der Waals surface area contributed by atoms with Crippen molar-refractivity contribution in [2.45, 2.75) is 34.2 Å². The summed E-state index contributed by atoms with van der Waals surface area (Å²) in [6, 6.07) is 5.92. The fourth-order valence-electron chi connectivity index (χ4n) is 2.94. The van der Waals surface area contributed by atoms with Crippen molar-refractivity contribution in [3.63, 3.8) is 0 Å². The van der Waals surface area contributed by atoms with Gasteiger partial charge in [0.15, 0.2) is 6.61 Å². The van der Waals surface area contributed by atoms with Gasteiger partial charge < -0.3 is 13.8 Å². The number of ketones is 1. The van der Waals surface area contributed by atoms with Crippen LogP contribution in [0.1, 0.15) is 48.4 Å². The lowest BCUT2D eigenvalue weighted by atomic mass is 10.1. The van der Waals surface area contributed by atoms with Gasteiger partial charge in [0, 0.05) is 21.8 Å². The molecule has 0 aromatic carbocycles. The van der Waals surface area contributed by atoms with Crippen LogP contribution in [0, 0.1) is 27.7 Å². The SMILES string of the molecule is Cc1noc(C)c1C(=O)OCC(=O)c1cc(C)n(Cc2cccs2)c1C. The Morgan fingerprint density at radius 1 is 1.27 bits per heavy atom. The van der Waals surface area contributed by atoms with Gasteiger partial charge in [-0.2, -0.15) is 0 Å². The zero-order chi connectivity index (χ0) is 18.8. The minimum absolute atomic E-state index is 0.226. The van der Waals surface area contributed by atoms with E-state index in [1.54, 1.807) is 25.2 Å². The molecule has 0 saturated heterocycles. The van der Waals surface area contributed by atoms with Crippen LogP contribution in [0.5, 0.6) is 0 Å². The molecule has 0 N–H and O–H groups in total. The number of Topliss-reactive ketones (excluding diaryl/α,β-unsaturated/α-hetero) is 1. The smallest absolute Gasteiger partial charge is 0.344 e. The van der Waals surface area contributed by atoms with Gasteiger partial charge in [-0.05, 0) is 45.2 Å². The molecule has 3 heterocycles. The van der Waals surface area contributed by atoms with Gasteiger partial charge >= 0.3 is 5.97 Å². The Labute approximate surface area is 155 Å². The molecule has 3 rings (SSSR count). The van der Waals surface area contributed by atoms with Crippen LogP contribution in [-0.2, 0) is 11.3 Å². The maximum atomic E-state index is 12.6. The van der Waals surface area contributed by atoms with E-state index in [1.807, 2.05) is 31.4 Å². The number of aromatic nitrogens is 2. The number of rotatable bonds is 6. The Hall–Kier alpha value is -2.67. The van der Waals surface area contributed by atoms with Crippen molar-refractivity contribution in [1.82, 2.24) is 9.72 Å². The number of carbonyl (C=O) groups is 2. The highest BCUT2D eigenvalue weighted by atomic mass is 32.1. The molecule has 26 heavy (non-hydrogen) atoms. The molecular formula is C19H20N2O4S. The van der Waals surface area contributed by atoms with Crippen molar-refractivity contribution < 1.29 is 18.8 Å². The van der Waals surface area contributed by atoms with E-state index in [0.717, 1.165) is 17.9 Å². The predicted octanol–water partition coefficient (Wildman–Crippen LogP) is 3.86. The van der Waals surface area contributed by atoms with Gasteiger partial charge in [-0.3, -0.25) is 4.79 Å². The van der Waals surface area contributed by atoms with Crippen LogP contribution < -0.4 is 0 Å². The zero-order valence-electron chi connectivity index (χ0n) is 15.2. The monoisotopic (exact) mass is 372 g/mol. The second kappa shape index (κ2) is 7.29. The molecule has 0 aliphatic heterocycles. The van der Waals surface area contributed by atoms with Crippen LogP contribution in [0.3, 0.4) is 0 Å². The number of aryl methyl sites for hydroxylation is 3. The Morgan fingerprint density at radius 2 is 2.04 bits per heavy atom. The van der Waals surface area contributed by atoms with Gasteiger partial charge in [-0.15, -0.1) is 11.3 Å². The van der Waals surface area contributed by atoms with Crippen LogP contribution in [0.4, 0.5) is 0 Å². The van der Waals surface area contributed by atoms with Crippen molar-refractivity contribution in [3.05, 3.63) is 62.4 Å². The molecule has 3 aromatic heterocycles. The van der Waals surface area contributed by atoms with Crippen LogP contribution in [-0.4, -0.2) is 28.1 Å². The molecule has 0 aliphatic rings. The molecule has 0 aliphatic carbocycles. The van der Waals surface area contributed by atoms with Crippen LogP contribution in [0.2, 0.25) is 0 Å². The summed E-state index contributed by atoms with van der Waals surface area (Å²) in [5.41, 5.74) is 3.17. The highest BCUT2D eigenvalue weighted by Gasteiger charge is 2.22. The summed E-state index contributed by atoms with van der Waals surface area (Å²) >= 11 is 1.68. The highest BCUT2D eigenvalue weighted by molar-refractivity contribution is 7.09. The molecule has 3 aromatic rings. The maximum Gasteiger partial charge on any atom is 0.344 e. The van der Waals surface area contributed by atoms with Crippen molar-refractivity contribution in [2.24, 2.45) is 0 Å². The number of carbonyl (C=O) groups excluding carboxylic acids is 2. The average molecular weight is 372 g/mol. The molecule has 0 unspecified atom stereocenters. The van der Waals surface area contributed by atoms with Crippen molar-refractivity contribution in [1.29, 1.82) is 0 Å². The van der Waals surface area contributed by atoms with Gasteiger partial charge in [0.1, 0.15) is 11.3 Å². The summed E-state index contributed by atoms with van der Waals surface area (Å²) in [7, 11) is 0. The topological polar surface area (TPSA) is 74.3 Å². The second-order valence-corrected chi connectivity index (χ2v) is 7.18. The Balaban J connectivity index is 1.71. The molecule has 0 atom stereocenters. The lowest BCUT2D eigenvalue weighted by molar-refractivity contribution is 0.0472. The number of esters is 1. The molecule has 0 fully saturated rings. The van der Waals surface area contributed by atoms with E-state index in [-0.39, 0.29) is 18.0 Å². The standard InChI is InChI=1S/C19H20N2O4S/c1-11-8-16(13(3)21(11)9-15-6-5-7-26-15)17(22)10-24-19(23)18-12(2)20-25-14(18)4/h5-8H,9-10H2,1-4H3. The van der Waals surface area contributed by atoms with E-state index in [1.165, 1.54) is 4.88 Å². The van der Waals surface area contributed by atoms with Crippen LogP contribution in [0.25, 0.3) is 0 Å². The largest absolute Gasteiger partial charge is 0.454 e. The van der Waals surface area contributed by atoms with Crippen molar-refractivity contribution >= 4 is 23.1 Å². The average Bonchev–Trinajstić information content (AvgIpc) is 3.30. The lowest BCUT2D eigenvalue weighted by Crippen LogP contribution is -2.16. The van der Waals surface area contributed by atoms with Gasteiger partial charge in [-0.25, -0.2) is 4.79 Å². The Kier molecular flexibility index (Phi) is 5.08. The summed E-state index contributed by atoms with van der Waals surface area (Å²) in [6.07, 6.45) is 0. The van der Waals surface area contributed by atoms with Gasteiger partial charge in [-0.1, -0.05) is 11.2 Å². The molecule has 0 spiro atoms. The fraction of sp³-hybridized carbons (Fsp3) is 0.316. The first-order valence-corrected chi connectivity index (χ1v) is 9.08. The zero-order valence-corrected chi connectivity index (χ0v) is 16.0. The third kappa shape index (κ3) is 3.48. The fourth-order valence-corrected chi connectivity index (χ4v) is 3.63. The normalized spacial score (nSPS) is 10.9. The molecule has 136 valence electrons. The predicted molar refractivity (Wildman–Crippen MR) is 97.9 cm³/mol. The first kappa shape index (κ1) is 18.1. The lowest BCUT2D eigenvalue weighted by Gasteiger charge is -2.08. The molecule has 0 saturated carbocycles. The minimum Gasteiger partial charge on any atom is -0.454 e. The molecule has 6 nitrogen and oxygen atoms in total. The third-order valence-corrected chi connectivity index (χ3v) is 5.20. The van der Waals surface area contributed by atoms with Gasteiger partial charge in [0.25, 0.3) is 0 Å². The Bertz CT molecular complexity index is 931. The highest BCUT2D eigenvalue weighted by Crippen LogP contribution is 2.20. The number of nitrogens with zero attached hydrogens (tertiary/aromatic N) is 2. The summed E-state index contributed by atoms with van der Waals surface area (Å²) < 4.78 is 12.2. The van der Waals surface area contributed by atoms with Gasteiger partial charge in [0.2, 0.25) is 5.78 Å². The van der Waals surface area contributed by atoms with E-state index < -0.39 is 5.97 Å². The number of hydrogen-bond acceptors (Lipinski definition) is 6. The van der Waals surface area contributed by atoms with E-state index in [4.69, 9.17) is 9.26 Å². The quantitative estimate of drug-likeness (QED) is 0.485. The van der Waals surface area contributed by atoms with Gasteiger partial charge in [0.05, 0.1) is 12.2 Å². The summed E-state index contributed by atoms with van der Waals surface area (Å²) in [5, 5.41) is 5.76. The molecule has 0 bridgehead atoms. The van der Waals surface area contributed by atoms with E-state index in [0.29, 0.717) is 17.0 Å². The third-order valence-electron chi connectivity index (χ3n) is 4.34. The number of thiophene rings is 1. The minimum atomic E-state index is -0.595. The summed E-state index contributed by atoms with van der Waals surface area (Å²) in [4.78, 5) is 25.9. The van der Waals surface area contributed by atoms with E-state index in [2.05, 4.69) is 15.8 Å². The first-order chi connectivity index (χ1) is 12.4. The molecule has 7 heteroatoms. The van der Waals surface area contributed by atoms with E-state index >= 15 is 0 Å². The van der Waals surface area contributed by atoms with Crippen molar-refractivity contribution in [2.75, 3.05) is 6.61 Å². The number of ether oxygens (including phenoxy) is 1. The molecule has 0 radical (unpaired) electrons. The Morgan fingerprint density at radius 3 is 2.65 bits per heavy atom.